The third kappa shape index (κ3) is 1.21. The Morgan fingerprint density at radius 3 is 2.71 bits per heavy atom. The number of nitrogens with two attached hydrogens (primary N) is 1. The van der Waals surface area contributed by atoms with Crippen LogP contribution in [-0.4, -0.2) is 23.0 Å². The Balaban J connectivity index is 2.45. The smallest absolute Gasteiger partial charge is 0.124 e. The summed E-state index contributed by atoms with van der Waals surface area (Å²) in [4.78, 5) is 0. The Morgan fingerprint density at radius 1 is 1.57 bits per heavy atom. The molecule has 0 aromatic carbocycles. The van der Waals surface area contributed by atoms with E-state index in [-0.39, 0.29) is 5.41 Å². The summed E-state index contributed by atoms with van der Waals surface area (Å²) in [6.07, 6.45) is 1.03. The molecule has 1 aliphatic heterocycles. The summed E-state index contributed by atoms with van der Waals surface area (Å²) in [5.74, 6) is 0.758. The quantitative estimate of drug-likeness (QED) is 0.727. The van der Waals surface area contributed by atoms with E-state index in [1.54, 1.807) is 4.68 Å². The summed E-state index contributed by atoms with van der Waals surface area (Å²) >= 11 is 0. The van der Waals surface area contributed by atoms with Gasteiger partial charge in [0, 0.05) is 24.6 Å². The van der Waals surface area contributed by atoms with Gasteiger partial charge in [0.15, 0.2) is 0 Å². The molecule has 2 N–H and O–H groups in total. The Bertz CT molecular complexity index is 350. The fourth-order valence-electron chi connectivity index (χ4n) is 2.07. The maximum Gasteiger partial charge on any atom is 0.124 e. The number of nitrogen functional groups attached to an aromatic ring is 1. The number of nitrogens with zero attached hydrogens (tertiary/aromatic N) is 2. The number of hydrogen-bond acceptors (Lipinski definition) is 3. The molecule has 2 rings (SSSR count). The molecular weight excluding hydrogens is 178 g/mol. The highest BCUT2D eigenvalue weighted by atomic mass is 16.5. The Labute approximate surface area is 84.0 Å². The second kappa shape index (κ2) is 2.98. The first-order valence-electron chi connectivity index (χ1n) is 4.92. The maximum absolute atomic E-state index is 5.89. The first-order valence-corrected chi connectivity index (χ1v) is 4.92. The average Bonchev–Trinajstić information content (AvgIpc) is 2.67. The molecule has 4 heteroatoms. The number of aryl methyl sites for hydroxylation is 1. The van der Waals surface area contributed by atoms with Crippen molar-refractivity contribution in [1.29, 1.82) is 0 Å². The van der Waals surface area contributed by atoms with Gasteiger partial charge in [-0.15, -0.1) is 0 Å². The molecule has 1 fully saturated rings. The van der Waals surface area contributed by atoms with Crippen molar-refractivity contribution in [2.45, 2.75) is 25.7 Å². The SMILES string of the molecule is Cc1c(C2(C)CCOC2)nn(C)c1N. The fraction of sp³-hybridized carbons (Fsp3) is 0.700. The third-order valence-corrected chi connectivity index (χ3v) is 3.13. The molecule has 1 aromatic rings. The standard InChI is InChI=1S/C10H17N3O/c1-7-8(12-13(3)9(7)11)10(2)4-5-14-6-10/h4-6,11H2,1-3H3. The minimum atomic E-state index is 0.0550. The lowest BCUT2D eigenvalue weighted by Gasteiger charge is -2.19. The minimum Gasteiger partial charge on any atom is -0.384 e. The van der Waals surface area contributed by atoms with E-state index >= 15 is 0 Å². The molecule has 2 heterocycles. The zero-order valence-electron chi connectivity index (χ0n) is 9.00. The Hall–Kier alpha value is -1.03. The normalized spacial score (nSPS) is 27.1. The molecule has 1 atom stereocenters. The van der Waals surface area contributed by atoms with Crippen LogP contribution < -0.4 is 5.73 Å². The van der Waals surface area contributed by atoms with Crippen LogP contribution in [-0.2, 0) is 17.2 Å². The highest BCUT2D eigenvalue weighted by molar-refractivity contribution is 5.45. The molecule has 0 spiro atoms. The van der Waals surface area contributed by atoms with Crippen LogP contribution in [0.15, 0.2) is 0 Å². The molecule has 0 aliphatic carbocycles. The van der Waals surface area contributed by atoms with Crippen LogP contribution in [0.4, 0.5) is 5.82 Å². The minimum absolute atomic E-state index is 0.0550. The molecule has 0 radical (unpaired) electrons. The van der Waals surface area contributed by atoms with Gasteiger partial charge in [0.05, 0.1) is 12.3 Å². The number of aromatic nitrogens is 2. The summed E-state index contributed by atoms with van der Waals surface area (Å²) in [5, 5.41) is 4.48. The van der Waals surface area contributed by atoms with Gasteiger partial charge in [-0.25, -0.2) is 0 Å². The Morgan fingerprint density at radius 2 is 2.29 bits per heavy atom. The zero-order valence-corrected chi connectivity index (χ0v) is 9.00. The molecule has 0 amide bonds. The zero-order chi connectivity index (χ0) is 10.3. The second-order valence-corrected chi connectivity index (χ2v) is 4.35. The van der Waals surface area contributed by atoms with Crippen molar-refractivity contribution >= 4 is 5.82 Å². The van der Waals surface area contributed by atoms with Crippen LogP contribution in [0.1, 0.15) is 24.6 Å². The summed E-state index contributed by atoms with van der Waals surface area (Å²) in [6.45, 7) is 5.80. The van der Waals surface area contributed by atoms with E-state index in [0.717, 1.165) is 36.7 Å². The van der Waals surface area contributed by atoms with Crippen LogP contribution in [0.5, 0.6) is 0 Å². The van der Waals surface area contributed by atoms with Crippen LogP contribution in [0.2, 0.25) is 0 Å². The van der Waals surface area contributed by atoms with E-state index in [9.17, 15) is 0 Å². The van der Waals surface area contributed by atoms with Gasteiger partial charge >= 0.3 is 0 Å². The molecule has 1 unspecified atom stereocenters. The Kier molecular flexibility index (Phi) is 2.03. The van der Waals surface area contributed by atoms with Crippen LogP contribution in [0, 0.1) is 6.92 Å². The van der Waals surface area contributed by atoms with E-state index in [1.165, 1.54) is 0 Å². The third-order valence-electron chi connectivity index (χ3n) is 3.13. The highest BCUT2D eigenvalue weighted by Crippen LogP contribution is 2.35. The molecule has 1 aromatic heterocycles. The lowest BCUT2D eigenvalue weighted by atomic mass is 9.84. The predicted octanol–water partition coefficient (Wildman–Crippen LogP) is 0.989. The van der Waals surface area contributed by atoms with Crippen molar-refractivity contribution < 1.29 is 4.74 Å². The van der Waals surface area contributed by atoms with Crippen molar-refractivity contribution in [3.05, 3.63) is 11.3 Å². The monoisotopic (exact) mass is 195 g/mol. The molecule has 78 valence electrons. The second-order valence-electron chi connectivity index (χ2n) is 4.35. The topological polar surface area (TPSA) is 53.1 Å². The van der Waals surface area contributed by atoms with Gasteiger partial charge in [-0.1, -0.05) is 6.92 Å². The molecule has 0 bridgehead atoms. The van der Waals surface area contributed by atoms with Crippen LogP contribution in [0.3, 0.4) is 0 Å². The van der Waals surface area contributed by atoms with Crippen molar-refractivity contribution in [2.75, 3.05) is 18.9 Å². The molecule has 0 saturated carbocycles. The summed E-state index contributed by atoms with van der Waals surface area (Å²) < 4.78 is 7.17. The number of hydrogen-bond donors (Lipinski definition) is 1. The molecule has 1 aliphatic rings. The molecular formula is C10H17N3O. The van der Waals surface area contributed by atoms with Gasteiger partial charge in [-0.3, -0.25) is 4.68 Å². The van der Waals surface area contributed by atoms with Gasteiger partial charge in [0.2, 0.25) is 0 Å². The van der Waals surface area contributed by atoms with Crippen LogP contribution in [0.25, 0.3) is 0 Å². The van der Waals surface area contributed by atoms with E-state index in [0.29, 0.717) is 0 Å². The summed E-state index contributed by atoms with van der Waals surface area (Å²) in [6, 6.07) is 0. The van der Waals surface area contributed by atoms with E-state index in [1.807, 2.05) is 14.0 Å². The van der Waals surface area contributed by atoms with E-state index < -0.39 is 0 Å². The molecule has 1 saturated heterocycles. The predicted molar refractivity (Wildman–Crippen MR) is 55.1 cm³/mol. The average molecular weight is 195 g/mol. The fourth-order valence-corrected chi connectivity index (χ4v) is 2.07. The summed E-state index contributed by atoms with van der Waals surface area (Å²) in [5.41, 5.74) is 8.13. The van der Waals surface area contributed by atoms with E-state index in [2.05, 4.69) is 12.0 Å². The lowest BCUT2D eigenvalue weighted by Crippen LogP contribution is -2.23. The van der Waals surface area contributed by atoms with Gasteiger partial charge in [0.25, 0.3) is 0 Å². The number of anilines is 1. The number of ether oxygens (including phenoxy) is 1. The first kappa shape index (κ1) is 9.52. The maximum atomic E-state index is 5.89. The first-order chi connectivity index (χ1) is 6.54. The van der Waals surface area contributed by atoms with Crippen molar-refractivity contribution in [3.8, 4) is 0 Å². The van der Waals surface area contributed by atoms with Gasteiger partial charge in [0.1, 0.15) is 5.82 Å². The van der Waals surface area contributed by atoms with Crippen molar-refractivity contribution in [3.63, 3.8) is 0 Å². The molecule has 14 heavy (non-hydrogen) atoms. The van der Waals surface area contributed by atoms with Gasteiger partial charge < -0.3 is 10.5 Å². The van der Waals surface area contributed by atoms with Crippen molar-refractivity contribution in [1.82, 2.24) is 9.78 Å². The van der Waals surface area contributed by atoms with Gasteiger partial charge in [-0.05, 0) is 13.3 Å². The van der Waals surface area contributed by atoms with Crippen molar-refractivity contribution in [2.24, 2.45) is 7.05 Å². The van der Waals surface area contributed by atoms with Crippen LogP contribution >= 0.6 is 0 Å². The lowest BCUT2D eigenvalue weighted by molar-refractivity contribution is 0.179. The summed E-state index contributed by atoms with van der Waals surface area (Å²) in [7, 11) is 1.88. The number of rotatable bonds is 1. The molecule has 4 nitrogen and oxygen atoms in total. The van der Waals surface area contributed by atoms with Gasteiger partial charge in [-0.2, -0.15) is 5.10 Å². The van der Waals surface area contributed by atoms with E-state index in [4.69, 9.17) is 10.5 Å². The largest absolute Gasteiger partial charge is 0.384 e. The highest BCUT2D eigenvalue weighted by Gasteiger charge is 2.36.